The van der Waals surface area contributed by atoms with Crippen LogP contribution in [0.5, 0.6) is 0 Å². The number of aliphatic hydroxyl groups is 1. The lowest BCUT2D eigenvalue weighted by molar-refractivity contribution is -0.142. The van der Waals surface area contributed by atoms with Crippen LogP contribution >= 0.6 is 11.8 Å². The molecular formula is C40H54N8O18S. The normalized spacial score (nSPS) is 23.7. The van der Waals surface area contributed by atoms with Crippen molar-refractivity contribution in [1.82, 2.24) is 37.2 Å². The molecule has 368 valence electrons. The number of thioether (sulfide) groups is 1. The Labute approximate surface area is 385 Å². The Balaban J connectivity index is 2.67. The van der Waals surface area contributed by atoms with Gasteiger partial charge >= 0.3 is 23.9 Å². The van der Waals surface area contributed by atoms with Crippen LogP contribution in [-0.2, 0) is 68.7 Å². The molecule has 8 amide bonds. The van der Waals surface area contributed by atoms with Crippen molar-refractivity contribution in [3.63, 3.8) is 0 Å². The van der Waals surface area contributed by atoms with Crippen LogP contribution in [0.15, 0.2) is 29.2 Å². The van der Waals surface area contributed by atoms with Gasteiger partial charge in [0.25, 0.3) is 0 Å². The van der Waals surface area contributed by atoms with Crippen LogP contribution in [0, 0.1) is 5.92 Å². The monoisotopic (exact) mass is 966 g/mol. The fraction of sp³-hybridized carbons (Fsp3) is 0.525. The van der Waals surface area contributed by atoms with E-state index in [1.54, 1.807) is 24.3 Å². The van der Waals surface area contributed by atoms with E-state index in [1.165, 1.54) is 6.92 Å². The van der Waals surface area contributed by atoms with Crippen molar-refractivity contribution in [2.45, 2.75) is 119 Å². The number of Topliss-reactive ketones (excluding diaryl/α,β-unsaturated/α-hetero) is 1. The first-order valence-corrected chi connectivity index (χ1v) is 21.5. The van der Waals surface area contributed by atoms with Gasteiger partial charge in [-0.15, -0.1) is 11.8 Å². The number of rotatable bonds is 15. The average Bonchev–Trinajstić information content (AvgIpc) is 3.23. The second kappa shape index (κ2) is 27.3. The molecule has 2 aliphatic rings. The zero-order valence-electron chi connectivity index (χ0n) is 36.2. The lowest BCUT2D eigenvalue weighted by Crippen LogP contribution is -2.60. The van der Waals surface area contributed by atoms with Gasteiger partial charge < -0.3 is 73.3 Å². The Morgan fingerprint density at radius 1 is 0.627 bits per heavy atom. The molecule has 1 aromatic carbocycles. The van der Waals surface area contributed by atoms with Gasteiger partial charge in [0.2, 0.25) is 47.3 Å². The van der Waals surface area contributed by atoms with E-state index in [-0.39, 0.29) is 12.2 Å². The summed E-state index contributed by atoms with van der Waals surface area (Å²) >= 11 is 1.03. The van der Waals surface area contributed by atoms with E-state index < -0.39 is 183 Å². The summed E-state index contributed by atoms with van der Waals surface area (Å²) in [6.07, 6.45) is -7.49. The molecule has 0 aliphatic carbocycles. The highest BCUT2D eigenvalue weighted by Gasteiger charge is 2.35. The topological polar surface area (TPSA) is 433 Å². The molecule has 3 rings (SSSR count). The first kappa shape index (κ1) is 56.0. The molecule has 0 radical (unpaired) electrons. The molecule has 1 aromatic rings. The van der Waals surface area contributed by atoms with Crippen molar-refractivity contribution in [3.8, 4) is 0 Å². The number of hydrogen-bond acceptors (Lipinski definition) is 15. The molecule has 2 bridgehead atoms. The van der Waals surface area contributed by atoms with Crippen LogP contribution < -0.4 is 43.0 Å². The first-order chi connectivity index (χ1) is 31.4. The number of nitrogens with one attached hydrogen (secondary N) is 7. The van der Waals surface area contributed by atoms with E-state index >= 15 is 0 Å². The minimum absolute atomic E-state index is 0.137. The van der Waals surface area contributed by atoms with Gasteiger partial charge in [0.05, 0.1) is 19.1 Å². The van der Waals surface area contributed by atoms with Crippen LogP contribution in [0.2, 0.25) is 0 Å². The zero-order chi connectivity index (χ0) is 50.5. The number of carbonyl (C=O) groups excluding carboxylic acids is 9. The van der Waals surface area contributed by atoms with Crippen molar-refractivity contribution >= 4 is 88.7 Å². The van der Waals surface area contributed by atoms with E-state index in [0.29, 0.717) is 10.5 Å². The number of aliphatic carboxylic acids is 4. The van der Waals surface area contributed by atoms with Gasteiger partial charge in [-0.25, -0.2) is 0 Å². The molecule has 67 heavy (non-hydrogen) atoms. The van der Waals surface area contributed by atoms with E-state index in [0.717, 1.165) is 18.7 Å². The number of carboxylic acids is 4. The lowest BCUT2D eigenvalue weighted by Gasteiger charge is -2.27. The predicted molar refractivity (Wildman–Crippen MR) is 228 cm³/mol. The van der Waals surface area contributed by atoms with E-state index in [1.807, 2.05) is 0 Å². The van der Waals surface area contributed by atoms with Crippen LogP contribution in [0.25, 0.3) is 0 Å². The minimum Gasteiger partial charge on any atom is -0.481 e. The second-order valence-electron chi connectivity index (χ2n) is 15.4. The standard InChI is InChI=1S/C40H54N8O18S/c1-18(49)13-21-14-20-3-5-22(6-4-20)67-17-27(34(41)60)47-36(62)23(7-10-29(52)53)43-28(51)16-42-40(66)33(19(2)50)48-38(64)25(9-12-31(56)57)44-37(63)24(8-11-30(54)55)45-39(65)26(15-32(58)59)46-35(21)61/h3-6,19,21,23-27,33,50H,7-17H2,1-2H3,(H2,41,60)(H,42,66)(H,43,51)(H,44,63)(H,45,65)(H,46,61)(H,47,62)(H,48,64)(H,52,53)(H,54,55)(H,56,57)(H,58,59)/t19-,21+,23+,24+,25+,26+,27+,33+/m1/s1. The summed E-state index contributed by atoms with van der Waals surface area (Å²) in [6, 6.07) is -4.39. The van der Waals surface area contributed by atoms with Gasteiger partial charge in [-0.3, -0.25) is 57.5 Å². The Hall–Kier alpha value is -7.16. The average molecular weight is 967 g/mol. The van der Waals surface area contributed by atoms with Crippen molar-refractivity contribution in [2.75, 3.05) is 12.3 Å². The van der Waals surface area contributed by atoms with E-state index in [4.69, 9.17) is 5.73 Å². The third-order valence-electron chi connectivity index (χ3n) is 9.74. The third kappa shape index (κ3) is 20.7. The van der Waals surface area contributed by atoms with Gasteiger partial charge in [-0.1, -0.05) is 12.1 Å². The molecule has 2 heterocycles. The van der Waals surface area contributed by atoms with Crippen LogP contribution in [0.1, 0.15) is 70.8 Å². The molecule has 26 nitrogen and oxygen atoms in total. The molecule has 27 heteroatoms. The number of nitrogens with two attached hydrogens (primary N) is 1. The quantitative estimate of drug-likeness (QED) is 0.0743. The molecule has 8 atom stereocenters. The Kier molecular flexibility index (Phi) is 22.8. The molecule has 0 unspecified atom stereocenters. The number of amides is 8. The van der Waals surface area contributed by atoms with Gasteiger partial charge in [-0.05, 0) is 57.2 Å². The number of primary amides is 1. The Morgan fingerprint density at radius 2 is 1.09 bits per heavy atom. The summed E-state index contributed by atoms with van der Waals surface area (Å²) in [4.78, 5) is 166. The van der Waals surface area contributed by atoms with Crippen molar-refractivity contribution < 1.29 is 87.9 Å². The highest BCUT2D eigenvalue weighted by molar-refractivity contribution is 7.99. The highest BCUT2D eigenvalue weighted by Crippen LogP contribution is 2.22. The van der Waals surface area contributed by atoms with E-state index in [9.17, 15) is 87.9 Å². The summed E-state index contributed by atoms with van der Waals surface area (Å²) in [5, 5.41) is 63.5. The number of carboxylic acid groups (broad SMARTS) is 4. The van der Waals surface area contributed by atoms with Gasteiger partial charge in [0.15, 0.2) is 0 Å². The summed E-state index contributed by atoms with van der Waals surface area (Å²) in [5.41, 5.74) is 6.00. The van der Waals surface area contributed by atoms with Crippen molar-refractivity contribution in [3.05, 3.63) is 29.8 Å². The van der Waals surface area contributed by atoms with E-state index in [2.05, 4.69) is 37.2 Å². The number of hydrogen-bond donors (Lipinski definition) is 13. The Bertz CT molecular complexity index is 2050. The van der Waals surface area contributed by atoms with Crippen molar-refractivity contribution in [1.29, 1.82) is 0 Å². The lowest BCUT2D eigenvalue weighted by atomic mass is 9.93. The number of fused-ring (bicyclic) bond motifs is 26. The molecule has 14 N–H and O–H groups in total. The van der Waals surface area contributed by atoms with Gasteiger partial charge in [-0.2, -0.15) is 0 Å². The third-order valence-corrected chi connectivity index (χ3v) is 10.8. The van der Waals surface area contributed by atoms with Gasteiger partial charge in [0, 0.05) is 42.2 Å². The maximum atomic E-state index is 13.7. The highest BCUT2D eigenvalue weighted by atomic mass is 32.2. The van der Waals surface area contributed by atoms with Crippen LogP contribution in [0.4, 0.5) is 0 Å². The molecule has 0 fully saturated rings. The molecule has 2 aliphatic heterocycles. The summed E-state index contributed by atoms with van der Waals surface area (Å²) in [5.74, 6) is -17.0. The number of ketones is 1. The summed E-state index contributed by atoms with van der Waals surface area (Å²) < 4.78 is 0. The van der Waals surface area contributed by atoms with Crippen LogP contribution in [-0.4, -0.2) is 157 Å². The number of aliphatic hydroxyl groups excluding tert-OH is 1. The maximum absolute atomic E-state index is 13.7. The number of carbonyl (C=O) groups is 13. The molecule has 0 saturated heterocycles. The predicted octanol–water partition coefficient (Wildman–Crippen LogP) is -4.11. The maximum Gasteiger partial charge on any atom is 0.305 e. The second-order valence-corrected chi connectivity index (χ2v) is 16.5. The Morgan fingerprint density at radius 3 is 1.55 bits per heavy atom. The molecule has 0 aromatic heterocycles. The smallest absolute Gasteiger partial charge is 0.305 e. The molecular weight excluding hydrogens is 913 g/mol. The summed E-state index contributed by atoms with van der Waals surface area (Å²) in [7, 11) is 0. The molecule has 0 spiro atoms. The van der Waals surface area contributed by atoms with Gasteiger partial charge in [0.1, 0.15) is 42.0 Å². The first-order valence-electron chi connectivity index (χ1n) is 20.5. The van der Waals surface area contributed by atoms with Crippen LogP contribution in [0.3, 0.4) is 0 Å². The SMILES string of the molecule is CC(=O)C[C@H]1Cc2ccc(cc2)SC[C@@H](C(N)=O)NC(=O)[C@H](CCC(=O)O)NC(=O)CNC(=O)[C@H]([C@@H](C)O)NC(=O)[C@H](CCC(=O)O)NC(=O)[C@H](CCC(=O)O)NC(=O)[C@H](CC(=O)O)NC1=O. The zero-order valence-corrected chi connectivity index (χ0v) is 37.1. The van der Waals surface area contributed by atoms with Crippen molar-refractivity contribution in [2.24, 2.45) is 11.7 Å². The molecule has 0 saturated carbocycles. The minimum atomic E-state index is -1.93. The largest absolute Gasteiger partial charge is 0.481 e. The fourth-order valence-electron chi connectivity index (χ4n) is 6.27. The number of benzene rings is 1. The fourth-order valence-corrected chi connectivity index (χ4v) is 7.20. The summed E-state index contributed by atoms with van der Waals surface area (Å²) in [6.45, 7) is 1.27.